The van der Waals surface area contributed by atoms with Crippen LogP contribution in [0.3, 0.4) is 0 Å². The van der Waals surface area contributed by atoms with Gasteiger partial charge in [0.15, 0.2) is 5.65 Å². The van der Waals surface area contributed by atoms with Crippen molar-refractivity contribution in [1.82, 2.24) is 25.1 Å². The van der Waals surface area contributed by atoms with E-state index in [1.807, 2.05) is 6.07 Å². The van der Waals surface area contributed by atoms with Gasteiger partial charge in [-0.05, 0) is 12.1 Å². The second-order valence-corrected chi connectivity index (χ2v) is 3.19. The Morgan fingerprint density at radius 2 is 1.94 bits per heavy atom. The van der Waals surface area contributed by atoms with E-state index in [-0.39, 0.29) is 0 Å². The number of fused-ring (bicyclic) bond motifs is 1. The number of aromatic nitrogens is 5. The van der Waals surface area contributed by atoms with Crippen molar-refractivity contribution in [1.29, 1.82) is 0 Å². The lowest BCUT2D eigenvalue weighted by molar-refractivity contribution is 1.10. The first-order valence-corrected chi connectivity index (χ1v) is 4.75. The van der Waals surface area contributed by atoms with Gasteiger partial charge in [-0.3, -0.25) is 5.10 Å². The molecule has 0 amide bonds. The molecule has 3 aromatic rings. The highest BCUT2D eigenvalue weighted by Gasteiger charge is 2.04. The highest BCUT2D eigenvalue weighted by molar-refractivity contribution is 5.89. The average molecular weight is 212 g/mol. The molecule has 6 nitrogen and oxygen atoms in total. The number of H-pyrrole nitrogens is 1. The molecule has 0 radical (unpaired) electrons. The largest absolute Gasteiger partial charge is 0.323 e. The van der Waals surface area contributed by atoms with Gasteiger partial charge in [0.05, 0.1) is 17.3 Å². The molecular weight excluding hydrogens is 204 g/mol. The third kappa shape index (κ3) is 1.46. The predicted octanol–water partition coefficient (Wildman–Crippen LogP) is 1.49. The fourth-order valence-electron chi connectivity index (χ4n) is 1.44. The van der Waals surface area contributed by atoms with E-state index in [1.54, 1.807) is 30.9 Å². The number of aromatic amines is 1. The van der Waals surface area contributed by atoms with Crippen LogP contribution in [0, 0.1) is 0 Å². The van der Waals surface area contributed by atoms with Gasteiger partial charge in [-0.1, -0.05) is 0 Å². The van der Waals surface area contributed by atoms with Crippen LogP contribution in [0.1, 0.15) is 0 Å². The average Bonchev–Trinajstić information content (AvgIpc) is 2.80. The fraction of sp³-hybridized carbons (Fsp3) is 0. The summed E-state index contributed by atoms with van der Waals surface area (Å²) in [5.41, 5.74) is 1.62. The summed E-state index contributed by atoms with van der Waals surface area (Å²) < 4.78 is 0. The van der Waals surface area contributed by atoms with Crippen molar-refractivity contribution in [2.45, 2.75) is 0 Å². The lowest BCUT2D eigenvalue weighted by atomic mass is 10.3. The monoisotopic (exact) mass is 212 g/mol. The van der Waals surface area contributed by atoms with Crippen LogP contribution in [-0.4, -0.2) is 25.1 Å². The second kappa shape index (κ2) is 3.58. The van der Waals surface area contributed by atoms with Crippen LogP contribution in [-0.2, 0) is 0 Å². The Bertz CT molecular complexity index is 603. The van der Waals surface area contributed by atoms with Crippen molar-refractivity contribution in [2.75, 3.05) is 5.32 Å². The first kappa shape index (κ1) is 8.78. The number of hydrogen-bond donors (Lipinski definition) is 2. The molecule has 0 aliphatic rings. The van der Waals surface area contributed by atoms with Gasteiger partial charge in [-0.25, -0.2) is 15.0 Å². The van der Waals surface area contributed by atoms with E-state index in [0.29, 0.717) is 5.95 Å². The molecule has 2 N–H and O–H groups in total. The Morgan fingerprint density at radius 3 is 2.81 bits per heavy atom. The van der Waals surface area contributed by atoms with Gasteiger partial charge in [-0.2, -0.15) is 5.10 Å². The number of nitrogens with one attached hydrogen (secondary N) is 2. The lowest BCUT2D eigenvalue weighted by Gasteiger charge is -2.03. The molecule has 0 aliphatic heterocycles. The van der Waals surface area contributed by atoms with Crippen LogP contribution >= 0.6 is 0 Å². The highest BCUT2D eigenvalue weighted by Crippen LogP contribution is 2.21. The maximum atomic E-state index is 4.14. The van der Waals surface area contributed by atoms with Gasteiger partial charge < -0.3 is 5.32 Å². The maximum Gasteiger partial charge on any atom is 0.227 e. The normalized spacial score (nSPS) is 10.5. The summed E-state index contributed by atoms with van der Waals surface area (Å²) in [6.45, 7) is 0. The Morgan fingerprint density at radius 1 is 1.06 bits per heavy atom. The van der Waals surface area contributed by atoms with Crippen molar-refractivity contribution in [2.24, 2.45) is 0 Å². The minimum absolute atomic E-state index is 0.552. The Balaban J connectivity index is 2.04. The number of anilines is 2. The van der Waals surface area contributed by atoms with Gasteiger partial charge in [0.1, 0.15) is 0 Å². The summed E-state index contributed by atoms with van der Waals surface area (Å²) in [6.07, 6.45) is 6.78. The van der Waals surface area contributed by atoms with Gasteiger partial charge >= 0.3 is 0 Å². The first-order chi connectivity index (χ1) is 7.93. The van der Waals surface area contributed by atoms with Crippen LogP contribution in [0.15, 0.2) is 36.9 Å². The molecule has 6 heteroatoms. The Kier molecular flexibility index (Phi) is 1.96. The van der Waals surface area contributed by atoms with Crippen molar-refractivity contribution in [3.63, 3.8) is 0 Å². The van der Waals surface area contributed by atoms with Gasteiger partial charge in [0.25, 0.3) is 0 Å². The predicted molar refractivity (Wildman–Crippen MR) is 59.2 cm³/mol. The topological polar surface area (TPSA) is 79.4 Å². The zero-order valence-corrected chi connectivity index (χ0v) is 8.25. The number of rotatable bonds is 2. The van der Waals surface area contributed by atoms with Crippen LogP contribution in [0.4, 0.5) is 11.6 Å². The van der Waals surface area contributed by atoms with E-state index in [1.165, 1.54) is 0 Å². The van der Waals surface area contributed by atoms with Gasteiger partial charge in [0.2, 0.25) is 5.95 Å². The van der Waals surface area contributed by atoms with Crippen molar-refractivity contribution >= 4 is 22.7 Å². The zero-order valence-electron chi connectivity index (χ0n) is 8.25. The van der Waals surface area contributed by atoms with E-state index >= 15 is 0 Å². The lowest BCUT2D eigenvalue weighted by Crippen LogP contribution is -1.96. The summed E-state index contributed by atoms with van der Waals surface area (Å²) in [4.78, 5) is 12.3. The van der Waals surface area contributed by atoms with Crippen molar-refractivity contribution in [3.05, 3.63) is 36.9 Å². The van der Waals surface area contributed by atoms with Crippen LogP contribution in [0.2, 0.25) is 0 Å². The smallest absolute Gasteiger partial charge is 0.227 e. The van der Waals surface area contributed by atoms with Crippen LogP contribution in [0.25, 0.3) is 11.0 Å². The van der Waals surface area contributed by atoms with Crippen molar-refractivity contribution in [3.8, 4) is 0 Å². The summed E-state index contributed by atoms with van der Waals surface area (Å²) in [5.74, 6) is 0.552. The molecule has 0 fully saturated rings. The van der Waals surface area contributed by atoms with E-state index in [4.69, 9.17) is 0 Å². The number of nitrogens with zero attached hydrogens (tertiary/aromatic N) is 4. The standard InChI is InChI=1S/C10H8N6/c1-3-12-10(13-4-1)15-8-2-5-11-9-7(8)6-14-16-9/h1-6H,(H2,11,12,13,14,15,16). The molecule has 0 spiro atoms. The third-order valence-corrected chi connectivity index (χ3v) is 2.17. The van der Waals surface area contributed by atoms with E-state index in [0.717, 1.165) is 16.7 Å². The quantitative estimate of drug-likeness (QED) is 0.672. The van der Waals surface area contributed by atoms with Crippen LogP contribution < -0.4 is 5.32 Å². The molecule has 3 rings (SSSR count). The number of pyridine rings is 1. The summed E-state index contributed by atoms with van der Waals surface area (Å²) in [6, 6.07) is 3.62. The molecule has 0 aromatic carbocycles. The molecule has 0 saturated heterocycles. The second-order valence-electron chi connectivity index (χ2n) is 3.19. The summed E-state index contributed by atoms with van der Waals surface area (Å²) >= 11 is 0. The Labute approximate surface area is 90.8 Å². The summed E-state index contributed by atoms with van der Waals surface area (Å²) in [7, 11) is 0. The van der Waals surface area contributed by atoms with E-state index in [2.05, 4.69) is 30.5 Å². The first-order valence-electron chi connectivity index (χ1n) is 4.75. The molecular formula is C10H8N6. The molecule has 0 aliphatic carbocycles. The molecule has 0 saturated carbocycles. The minimum atomic E-state index is 0.552. The van der Waals surface area contributed by atoms with E-state index < -0.39 is 0 Å². The van der Waals surface area contributed by atoms with E-state index in [9.17, 15) is 0 Å². The maximum absolute atomic E-state index is 4.14. The molecule has 16 heavy (non-hydrogen) atoms. The molecule has 3 aromatic heterocycles. The minimum Gasteiger partial charge on any atom is -0.323 e. The van der Waals surface area contributed by atoms with Gasteiger partial charge in [-0.15, -0.1) is 0 Å². The summed E-state index contributed by atoms with van der Waals surface area (Å²) in [5, 5.41) is 10.8. The third-order valence-electron chi connectivity index (χ3n) is 2.17. The Hall–Kier alpha value is -2.50. The molecule has 0 atom stereocenters. The SMILES string of the molecule is c1cnc(Nc2ccnc3[nH]ncc23)nc1. The molecule has 0 bridgehead atoms. The van der Waals surface area contributed by atoms with Crippen LogP contribution in [0.5, 0.6) is 0 Å². The zero-order chi connectivity index (χ0) is 10.8. The van der Waals surface area contributed by atoms with Crippen molar-refractivity contribution < 1.29 is 0 Å². The number of hydrogen-bond acceptors (Lipinski definition) is 5. The fourth-order valence-corrected chi connectivity index (χ4v) is 1.44. The molecule has 0 unspecified atom stereocenters. The van der Waals surface area contributed by atoms with Gasteiger partial charge in [0, 0.05) is 18.6 Å². The molecule has 3 heterocycles. The highest BCUT2D eigenvalue weighted by atomic mass is 15.1. The molecule has 78 valence electrons.